The van der Waals surface area contributed by atoms with Crippen molar-refractivity contribution in [3.05, 3.63) is 0 Å². The number of piperidine rings is 1. The molecule has 18 heavy (non-hydrogen) atoms. The van der Waals surface area contributed by atoms with Crippen LogP contribution < -0.4 is 5.43 Å². The molecule has 0 aliphatic carbocycles. The Morgan fingerprint density at radius 3 is 2.50 bits per heavy atom. The molecule has 4 nitrogen and oxygen atoms in total. The second kappa shape index (κ2) is 5.09. The Morgan fingerprint density at radius 2 is 2.00 bits per heavy atom. The zero-order valence-electron chi connectivity index (χ0n) is 10.8. The quantitative estimate of drug-likeness (QED) is 0.786. The van der Waals surface area contributed by atoms with E-state index in [0.29, 0.717) is 12.1 Å². The van der Waals surface area contributed by atoms with Gasteiger partial charge in [-0.2, -0.15) is 8.78 Å². The summed E-state index contributed by atoms with van der Waals surface area (Å²) in [6, 6.07) is 0.762. The fourth-order valence-electron chi connectivity index (χ4n) is 2.70. The number of nitrogens with zero attached hydrogens (tertiary/aromatic N) is 1. The molecule has 104 valence electrons. The predicted molar refractivity (Wildman–Crippen MR) is 62.1 cm³/mol. The SMILES string of the molecule is CC1CCCC(C)N1NCC1CC(F)(F)C(=O)O1. The summed E-state index contributed by atoms with van der Waals surface area (Å²) in [5.74, 6) is -4.71. The Hall–Kier alpha value is -0.750. The van der Waals surface area contributed by atoms with Crippen molar-refractivity contribution in [1.29, 1.82) is 0 Å². The summed E-state index contributed by atoms with van der Waals surface area (Å²) in [6.07, 6.45) is 2.14. The number of ether oxygens (including phenoxy) is 1. The molecule has 0 aromatic rings. The molecule has 0 spiro atoms. The van der Waals surface area contributed by atoms with Crippen LogP contribution in [-0.4, -0.2) is 41.6 Å². The number of esters is 1. The van der Waals surface area contributed by atoms with Crippen molar-refractivity contribution in [2.75, 3.05) is 6.54 Å². The molecular weight excluding hydrogens is 242 g/mol. The Morgan fingerprint density at radius 1 is 1.39 bits per heavy atom. The van der Waals surface area contributed by atoms with Crippen LogP contribution in [0.4, 0.5) is 8.78 Å². The van der Waals surface area contributed by atoms with Crippen LogP contribution in [0.2, 0.25) is 0 Å². The van der Waals surface area contributed by atoms with E-state index in [0.717, 1.165) is 12.8 Å². The maximum Gasteiger partial charge on any atom is 0.377 e. The number of carbonyl (C=O) groups excluding carboxylic acids is 1. The lowest BCUT2D eigenvalue weighted by Crippen LogP contribution is -2.53. The van der Waals surface area contributed by atoms with E-state index in [1.54, 1.807) is 0 Å². The van der Waals surface area contributed by atoms with Gasteiger partial charge in [0.05, 0.1) is 6.42 Å². The number of rotatable bonds is 3. The van der Waals surface area contributed by atoms with Crippen molar-refractivity contribution in [1.82, 2.24) is 10.4 Å². The Balaban J connectivity index is 1.83. The van der Waals surface area contributed by atoms with Gasteiger partial charge < -0.3 is 4.74 Å². The number of alkyl halides is 2. The molecule has 0 bridgehead atoms. The molecule has 2 rings (SSSR count). The van der Waals surface area contributed by atoms with Gasteiger partial charge in [-0.05, 0) is 26.7 Å². The highest BCUT2D eigenvalue weighted by molar-refractivity contribution is 5.79. The van der Waals surface area contributed by atoms with Crippen LogP contribution in [0.3, 0.4) is 0 Å². The third-order valence-corrected chi connectivity index (χ3v) is 3.75. The monoisotopic (exact) mass is 262 g/mol. The van der Waals surface area contributed by atoms with Crippen LogP contribution in [0.5, 0.6) is 0 Å². The van der Waals surface area contributed by atoms with Crippen LogP contribution in [-0.2, 0) is 9.53 Å². The Bertz CT molecular complexity index is 315. The Labute approximate surface area is 106 Å². The molecule has 2 saturated heterocycles. The number of halogens is 2. The molecule has 3 unspecified atom stereocenters. The van der Waals surface area contributed by atoms with Crippen LogP contribution in [0.25, 0.3) is 0 Å². The zero-order chi connectivity index (χ0) is 13.3. The van der Waals surface area contributed by atoms with Gasteiger partial charge in [-0.1, -0.05) is 6.42 Å². The summed E-state index contributed by atoms with van der Waals surface area (Å²) in [5.41, 5.74) is 3.14. The molecule has 0 radical (unpaired) electrons. The van der Waals surface area contributed by atoms with Gasteiger partial charge in [0.15, 0.2) is 0 Å². The molecule has 0 aromatic heterocycles. The number of hydrazine groups is 1. The van der Waals surface area contributed by atoms with E-state index in [-0.39, 0.29) is 6.54 Å². The van der Waals surface area contributed by atoms with E-state index in [9.17, 15) is 13.6 Å². The summed E-state index contributed by atoms with van der Waals surface area (Å²) in [6.45, 7) is 4.48. The number of hydrogen-bond acceptors (Lipinski definition) is 4. The summed E-state index contributed by atoms with van der Waals surface area (Å²) >= 11 is 0. The third kappa shape index (κ3) is 2.80. The minimum atomic E-state index is -3.31. The van der Waals surface area contributed by atoms with Gasteiger partial charge >= 0.3 is 11.9 Å². The minimum Gasteiger partial charge on any atom is -0.456 e. The van der Waals surface area contributed by atoms with E-state index in [4.69, 9.17) is 0 Å². The highest BCUT2D eigenvalue weighted by atomic mass is 19.3. The summed E-state index contributed by atoms with van der Waals surface area (Å²) in [5, 5.41) is 2.09. The maximum absolute atomic E-state index is 13.0. The first-order valence-electron chi connectivity index (χ1n) is 6.51. The molecule has 1 N–H and O–H groups in total. The predicted octanol–water partition coefficient (Wildman–Crippen LogP) is 1.70. The molecule has 2 aliphatic heterocycles. The maximum atomic E-state index is 13.0. The van der Waals surface area contributed by atoms with Gasteiger partial charge in [0.25, 0.3) is 0 Å². The van der Waals surface area contributed by atoms with E-state index >= 15 is 0 Å². The van der Waals surface area contributed by atoms with E-state index in [1.807, 2.05) is 0 Å². The molecule has 0 amide bonds. The largest absolute Gasteiger partial charge is 0.456 e. The van der Waals surface area contributed by atoms with Gasteiger partial charge in [-0.3, -0.25) is 5.43 Å². The van der Waals surface area contributed by atoms with Gasteiger partial charge in [0.2, 0.25) is 0 Å². The lowest BCUT2D eigenvalue weighted by Gasteiger charge is -2.39. The fourth-order valence-corrected chi connectivity index (χ4v) is 2.70. The summed E-state index contributed by atoms with van der Waals surface area (Å²) < 4.78 is 30.6. The third-order valence-electron chi connectivity index (χ3n) is 3.75. The average Bonchev–Trinajstić information content (AvgIpc) is 2.52. The summed E-state index contributed by atoms with van der Waals surface area (Å²) in [7, 11) is 0. The summed E-state index contributed by atoms with van der Waals surface area (Å²) in [4.78, 5) is 10.9. The molecule has 0 saturated carbocycles. The van der Waals surface area contributed by atoms with Crippen molar-refractivity contribution in [3.63, 3.8) is 0 Å². The minimum absolute atomic E-state index is 0.260. The van der Waals surface area contributed by atoms with Gasteiger partial charge in [0, 0.05) is 18.6 Å². The van der Waals surface area contributed by atoms with Crippen LogP contribution in [0.1, 0.15) is 39.5 Å². The highest BCUT2D eigenvalue weighted by Crippen LogP contribution is 2.30. The standard InChI is InChI=1S/C12H20F2N2O2/c1-8-4-3-5-9(2)16(8)15-7-10-6-12(13,14)11(17)18-10/h8-10,15H,3-7H2,1-2H3. The van der Waals surface area contributed by atoms with Crippen molar-refractivity contribution in [2.24, 2.45) is 0 Å². The lowest BCUT2D eigenvalue weighted by molar-refractivity contribution is -0.159. The fraction of sp³-hybridized carbons (Fsp3) is 0.917. The van der Waals surface area contributed by atoms with Crippen LogP contribution >= 0.6 is 0 Å². The van der Waals surface area contributed by atoms with Gasteiger partial charge in [-0.25, -0.2) is 9.80 Å². The number of carbonyl (C=O) groups is 1. The first-order valence-corrected chi connectivity index (χ1v) is 6.51. The molecule has 6 heteroatoms. The highest BCUT2D eigenvalue weighted by Gasteiger charge is 2.50. The molecular formula is C12H20F2N2O2. The van der Waals surface area contributed by atoms with Crippen molar-refractivity contribution in [3.8, 4) is 0 Å². The smallest absolute Gasteiger partial charge is 0.377 e. The van der Waals surface area contributed by atoms with Crippen molar-refractivity contribution < 1.29 is 18.3 Å². The zero-order valence-corrected chi connectivity index (χ0v) is 10.8. The second-order valence-corrected chi connectivity index (χ2v) is 5.33. The molecule has 3 atom stereocenters. The van der Waals surface area contributed by atoms with E-state index in [2.05, 4.69) is 29.0 Å². The van der Waals surface area contributed by atoms with Crippen LogP contribution in [0.15, 0.2) is 0 Å². The number of nitrogens with one attached hydrogen (secondary N) is 1. The van der Waals surface area contributed by atoms with Crippen molar-refractivity contribution >= 4 is 5.97 Å². The second-order valence-electron chi connectivity index (χ2n) is 5.33. The first-order chi connectivity index (χ1) is 8.40. The van der Waals surface area contributed by atoms with Crippen LogP contribution in [0, 0.1) is 0 Å². The molecule has 2 fully saturated rings. The lowest BCUT2D eigenvalue weighted by atomic mass is 10.00. The van der Waals surface area contributed by atoms with Crippen molar-refractivity contribution in [2.45, 2.75) is 63.6 Å². The number of hydrogen-bond donors (Lipinski definition) is 1. The van der Waals surface area contributed by atoms with E-state index < -0.39 is 24.4 Å². The first kappa shape index (κ1) is 13.7. The Kier molecular flexibility index (Phi) is 3.87. The normalized spacial score (nSPS) is 36.7. The van der Waals surface area contributed by atoms with Gasteiger partial charge in [0.1, 0.15) is 6.10 Å². The number of cyclic esters (lactones) is 1. The van der Waals surface area contributed by atoms with E-state index in [1.165, 1.54) is 6.42 Å². The average molecular weight is 262 g/mol. The topological polar surface area (TPSA) is 41.6 Å². The molecule has 0 aromatic carbocycles. The molecule has 2 heterocycles. The molecule has 2 aliphatic rings. The van der Waals surface area contributed by atoms with Gasteiger partial charge in [-0.15, -0.1) is 0 Å².